The molecule has 0 amide bonds. The predicted molar refractivity (Wildman–Crippen MR) is 98.3 cm³/mol. The highest BCUT2D eigenvalue weighted by atomic mass is 19.4. The number of halogens is 4. The van der Waals surface area contributed by atoms with E-state index in [4.69, 9.17) is 16.7 Å². The number of hydrogen-bond donors (Lipinski definition) is 4. The van der Waals surface area contributed by atoms with Crippen LogP contribution in [0.5, 0.6) is 0 Å². The number of aliphatic hydroxyl groups excluding tert-OH is 1. The predicted octanol–water partition coefficient (Wildman–Crippen LogP) is 0.894. The molecule has 1 fully saturated rings. The van der Waals surface area contributed by atoms with Crippen molar-refractivity contribution >= 4 is 11.5 Å². The number of rotatable bonds is 2. The molecule has 162 valence electrons. The molecule has 6 N–H and O–H groups in total. The minimum atomic E-state index is -5.11. The van der Waals surface area contributed by atoms with Gasteiger partial charge in [0.15, 0.2) is 23.3 Å². The van der Waals surface area contributed by atoms with E-state index in [-0.39, 0.29) is 11.4 Å². The van der Waals surface area contributed by atoms with Gasteiger partial charge in [-0.2, -0.15) is 18.4 Å². The Balaban J connectivity index is 1.85. The summed E-state index contributed by atoms with van der Waals surface area (Å²) < 4.78 is 54.6. The highest BCUT2D eigenvalue weighted by Crippen LogP contribution is 2.44. The minimum absolute atomic E-state index is 0.230. The van der Waals surface area contributed by atoms with E-state index in [0.717, 1.165) is 0 Å². The Morgan fingerprint density at radius 1 is 1.33 bits per heavy atom. The molecule has 0 spiro atoms. The molecule has 0 aromatic carbocycles. The average molecular weight is 428 g/mol. The Bertz CT molecular complexity index is 934. The molecule has 0 radical (unpaired) electrons. The molecule has 0 aliphatic carbocycles. The van der Waals surface area contributed by atoms with Gasteiger partial charge in [-0.25, -0.2) is 14.4 Å². The van der Waals surface area contributed by atoms with Crippen molar-refractivity contribution in [1.82, 2.24) is 4.98 Å². The zero-order chi connectivity index (χ0) is 22.3. The maximum Gasteiger partial charge on any atom is 0.421 e. The highest BCUT2D eigenvalue weighted by Gasteiger charge is 2.60. The fourth-order valence-corrected chi connectivity index (χ4v) is 3.83. The highest BCUT2D eigenvalue weighted by molar-refractivity contribution is 6.00. The van der Waals surface area contributed by atoms with Crippen LogP contribution in [0.3, 0.4) is 0 Å². The lowest BCUT2D eigenvalue weighted by molar-refractivity contribution is -0.251. The first-order valence-electron chi connectivity index (χ1n) is 9.09. The van der Waals surface area contributed by atoms with Crippen LogP contribution in [0, 0.1) is 23.1 Å². The molecule has 1 saturated heterocycles. The van der Waals surface area contributed by atoms with Crippen molar-refractivity contribution in [3.05, 3.63) is 35.0 Å². The molecule has 2 unspecified atom stereocenters. The second kappa shape index (κ2) is 7.73. The zero-order valence-electron chi connectivity index (χ0n) is 15.7. The molecule has 0 saturated carbocycles. The number of amidine groups is 1. The molecule has 0 bridgehead atoms. The van der Waals surface area contributed by atoms with E-state index in [2.05, 4.69) is 9.98 Å². The first kappa shape index (κ1) is 21.8. The minimum Gasteiger partial charge on any atom is -0.401 e. The molecule has 2 atom stereocenters. The quantitative estimate of drug-likeness (QED) is 0.512. The maximum atomic E-state index is 13.8. The molecule has 2 aliphatic rings. The van der Waals surface area contributed by atoms with Gasteiger partial charge in [-0.3, -0.25) is 0 Å². The smallest absolute Gasteiger partial charge is 0.401 e. The number of aliphatic hydroxyl groups is 2. The molecule has 1 aromatic heterocycles. The summed E-state index contributed by atoms with van der Waals surface area (Å²) in [6, 6.07) is 2.80. The summed E-state index contributed by atoms with van der Waals surface area (Å²) in [6.45, 7) is 0.658. The fraction of sp³-hybridized carbons (Fsp3) is 0.500. The number of aromatic nitrogens is 1. The number of nitrogens with zero attached hydrogens (tertiary/aromatic N) is 4. The van der Waals surface area contributed by atoms with Crippen LogP contribution in [-0.2, 0) is 0 Å². The van der Waals surface area contributed by atoms with Crippen LogP contribution in [0.15, 0.2) is 28.5 Å². The Kier molecular flexibility index (Phi) is 5.62. The Morgan fingerprint density at radius 2 is 1.97 bits per heavy atom. The van der Waals surface area contributed by atoms with Gasteiger partial charge in [0, 0.05) is 37.2 Å². The molecule has 2 aliphatic heterocycles. The summed E-state index contributed by atoms with van der Waals surface area (Å²) in [5.41, 5.74) is 7.40. The topological polar surface area (TPSA) is 145 Å². The Morgan fingerprint density at radius 3 is 2.50 bits per heavy atom. The SMILES string of the molecule is N#Cc1ncc(N2CCC(C(N)=C3C(N)=NC(O)CC3(O)C(F)(F)F)CC2)cc1F. The molecule has 12 heteroatoms. The summed E-state index contributed by atoms with van der Waals surface area (Å²) >= 11 is 0. The molecule has 30 heavy (non-hydrogen) atoms. The van der Waals surface area contributed by atoms with E-state index >= 15 is 0 Å². The van der Waals surface area contributed by atoms with Gasteiger partial charge >= 0.3 is 6.18 Å². The molecule has 1 aromatic rings. The second-order valence-corrected chi connectivity index (χ2v) is 7.28. The number of hydrogen-bond acceptors (Lipinski definition) is 8. The van der Waals surface area contributed by atoms with E-state index in [9.17, 15) is 27.8 Å². The van der Waals surface area contributed by atoms with Crippen molar-refractivity contribution in [3.63, 3.8) is 0 Å². The van der Waals surface area contributed by atoms with Crippen molar-refractivity contribution in [2.45, 2.75) is 37.3 Å². The summed E-state index contributed by atoms with van der Waals surface area (Å²) in [5, 5.41) is 28.7. The summed E-state index contributed by atoms with van der Waals surface area (Å²) in [7, 11) is 0. The lowest BCUT2D eigenvalue weighted by atomic mass is 9.80. The first-order chi connectivity index (χ1) is 14.0. The lowest BCUT2D eigenvalue weighted by Crippen LogP contribution is -2.56. The number of aliphatic imine (C=N–C) groups is 1. The van der Waals surface area contributed by atoms with Crippen LogP contribution in [0.25, 0.3) is 0 Å². The Hall–Kier alpha value is -2.91. The molecular weight excluding hydrogens is 408 g/mol. The van der Waals surface area contributed by atoms with E-state index in [0.29, 0.717) is 31.6 Å². The summed E-state index contributed by atoms with van der Waals surface area (Å²) in [4.78, 5) is 9.05. The monoisotopic (exact) mass is 428 g/mol. The van der Waals surface area contributed by atoms with Gasteiger partial charge < -0.3 is 26.6 Å². The van der Waals surface area contributed by atoms with Crippen molar-refractivity contribution in [1.29, 1.82) is 5.26 Å². The van der Waals surface area contributed by atoms with Gasteiger partial charge in [-0.05, 0) is 12.8 Å². The summed E-state index contributed by atoms with van der Waals surface area (Å²) in [6.07, 6.45) is -6.04. The van der Waals surface area contributed by atoms with E-state index in [1.54, 1.807) is 11.0 Å². The van der Waals surface area contributed by atoms with Crippen LogP contribution in [0.2, 0.25) is 0 Å². The van der Waals surface area contributed by atoms with Gasteiger partial charge in [0.25, 0.3) is 0 Å². The standard InChI is InChI=1S/C18H20F4N6O2/c19-11-5-10(8-26-12(11)7-23)28-3-1-9(2-4-28)15(24)14-16(25)27-13(29)6-17(14,30)18(20,21)22/h5,8-9,13,29-30H,1-4,6,24H2,(H2,25,27). The zero-order valence-corrected chi connectivity index (χ0v) is 15.7. The van der Waals surface area contributed by atoms with E-state index in [1.165, 1.54) is 12.3 Å². The van der Waals surface area contributed by atoms with Crippen LogP contribution in [0.4, 0.5) is 23.2 Å². The number of nitrogens with two attached hydrogens (primary N) is 2. The van der Waals surface area contributed by atoms with Crippen LogP contribution in [-0.4, -0.2) is 52.1 Å². The second-order valence-electron chi connectivity index (χ2n) is 7.28. The van der Waals surface area contributed by atoms with Crippen LogP contribution < -0.4 is 16.4 Å². The molecule has 3 heterocycles. The number of anilines is 1. The number of alkyl halides is 3. The van der Waals surface area contributed by atoms with Crippen LogP contribution >= 0.6 is 0 Å². The number of pyridine rings is 1. The largest absolute Gasteiger partial charge is 0.421 e. The molecule has 3 rings (SSSR count). The van der Waals surface area contributed by atoms with Crippen molar-refractivity contribution in [2.75, 3.05) is 18.0 Å². The van der Waals surface area contributed by atoms with Crippen molar-refractivity contribution in [2.24, 2.45) is 22.4 Å². The van der Waals surface area contributed by atoms with Gasteiger partial charge in [-0.1, -0.05) is 0 Å². The van der Waals surface area contributed by atoms with Gasteiger partial charge in [0.1, 0.15) is 11.9 Å². The number of allylic oxidation sites excluding steroid dienone is 1. The maximum absolute atomic E-state index is 13.8. The number of nitriles is 1. The third-order valence-corrected chi connectivity index (χ3v) is 5.43. The van der Waals surface area contributed by atoms with E-state index < -0.39 is 47.6 Å². The first-order valence-corrected chi connectivity index (χ1v) is 9.09. The van der Waals surface area contributed by atoms with E-state index in [1.807, 2.05) is 0 Å². The van der Waals surface area contributed by atoms with Crippen LogP contribution in [0.1, 0.15) is 25.0 Å². The third-order valence-electron chi connectivity index (χ3n) is 5.43. The fourth-order valence-electron chi connectivity index (χ4n) is 3.83. The van der Waals surface area contributed by atoms with Crippen molar-refractivity contribution in [3.8, 4) is 6.07 Å². The van der Waals surface area contributed by atoms with Gasteiger partial charge in [0.2, 0.25) is 0 Å². The number of piperidine rings is 1. The van der Waals surface area contributed by atoms with Gasteiger partial charge in [0.05, 0.1) is 17.5 Å². The van der Waals surface area contributed by atoms with Gasteiger partial charge in [-0.15, -0.1) is 0 Å². The third kappa shape index (κ3) is 3.78. The molecule has 8 nitrogen and oxygen atoms in total. The molecular formula is C18H20F4N6O2. The normalized spacial score (nSPS) is 27.4. The lowest BCUT2D eigenvalue weighted by Gasteiger charge is -2.40. The Labute approximate surface area is 169 Å². The average Bonchev–Trinajstić information content (AvgIpc) is 2.66. The summed E-state index contributed by atoms with van der Waals surface area (Å²) in [5.74, 6) is -1.95. The van der Waals surface area contributed by atoms with Crippen molar-refractivity contribution < 1.29 is 27.8 Å².